The number of hydrogen-bond donors (Lipinski definition) is 0. The molecule has 0 saturated heterocycles. The first kappa shape index (κ1) is 20.6. The smallest absolute Gasteiger partial charge is 0.219 e. The third kappa shape index (κ3) is 5.67. The first-order valence-electron chi connectivity index (χ1n) is 10.6. The summed E-state index contributed by atoms with van der Waals surface area (Å²) >= 11 is 0. The molecule has 1 unspecified atom stereocenters. The highest BCUT2D eigenvalue weighted by molar-refractivity contribution is 5.69. The number of nitriles is 1. The molecule has 31 heavy (non-hydrogen) atoms. The van der Waals surface area contributed by atoms with E-state index in [0.717, 1.165) is 37.0 Å². The van der Waals surface area contributed by atoms with Gasteiger partial charge in [-0.1, -0.05) is 30.3 Å². The number of pyridine rings is 1. The van der Waals surface area contributed by atoms with Gasteiger partial charge in [0.15, 0.2) is 0 Å². The molecule has 4 nitrogen and oxygen atoms in total. The Bertz CT molecular complexity index is 1120. The van der Waals surface area contributed by atoms with Crippen molar-refractivity contribution in [3.8, 4) is 17.7 Å². The fourth-order valence-electron chi connectivity index (χ4n) is 3.75. The van der Waals surface area contributed by atoms with Gasteiger partial charge in [-0.05, 0) is 79.1 Å². The van der Waals surface area contributed by atoms with E-state index in [1.807, 2.05) is 73.9 Å². The lowest BCUT2D eigenvalue weighted by Gasteiger charge is -2.13. The van der Waals surface area contributed by atoms with Crippen LogP contribution in [0.2, 0.25) is 0 Å². The van der Waals surface area contributed by atoms with Crippen molar-refractivity contribution < 1.29 is 4.74 Å². The molecule has 154 valence electrons. The van der Waals surface area contributed by atoms with Gasteiger partial charge in [-0.25, -0.2) is 4.98 Å². The van der Waals surface area contributed by atoms with Crippen LogP contribution in [0.4, 0.5) is 0 Å². The number of rotatable bonds is 8. The molecule has 3 aromatic rings. The van der Waals surface area contributed by atoms with Gasteiger partial charge >= 0.3 is 0 Å². The summed E-state index contributed by atoms with van der Waals surface area (Å²) in [7, 11) is 0. The Morgan fingerprint density at radius 2 is 1.87 bits per heavy atom. The van der Waals surface area contributed by atoms with Crippen LogP contribution in [0.25, 0.3) is 0 Å². The molecule has 0 radical (unpaired) electrons. The predicted molar refractivity (Wildman–Crippen MR) is 123 cm³/mol. The summed E-state index contributed by atoms with van der Waals surface area (Å²) in [5.41, 5.74) is 5.63. The fourth-order valence-corrected chi connectivity index (χ4v) is 3.75. The fraction of sp³-hybridized carbons (Fsp3) is 0.222. The normalized spacial score (nSPS) is 14.8. The Labute approximate surface area is 183 Å². The molecule has 0 fully saturated rings. The Kier molecular flexibility index (Phi) is 6.54. The number of aromatic nitrogens is 1. The zero-order valence-corrected chi connectivity index (χ0v) is 17.7. The maximum absolute atomic E-state index is 8.94. The molecule has 4 heteroatoms. The minimum atomic E-state index is 0.382. The summed E-state index contributed by atoms with van der Waals surface area (Å²) in [4.78, 5) is 8.85. The minimum Gasteiger partial charge on any atom is -0.439 e. The van der Waals surface area contributed by atoms with Crippen molar-refractivity contribution in [2.45, 2.75) is 32.6 Å². The number of ether oxygens (including phenoxy) is 1. The Morgan fingerprint density at radius 1 is 1.03 bits per heavy atom. The quantitative estimate of drug-likeness (QED) is 0.446. The van der Waals surface area contributed by atoms with Gasteiger partial charge in [-0.2, -0.15) is 5.26 Å². The molecule has 1 aliphatic heterocycles. The predicted octanol–water partition coefficient (Wildman–Crippen LogP) is 6.20. The molecular formula is C27H25N3O. The summed E-state index contributed by atoms with van der Waals surface area (Å²) < 4.78 is 5.83. The third-order valence-corrected chi connectivity index (χ3v) is 5.46. The van der Waals surface area contributed by atoms with Crippen LogP contribution in [0.15, 0.2) is 83.6 Å². The number of aliphatic imine (C=N–C) groups is 1. The van der Waals surface area contributed by atoms with Gasteiger partial charge in [0, 0.05) is 30.6 Å². The summed E-state index contributed by atoms with van der Waals surface area (Å²) in [6, 6.07) is 22.0. The molecule has 0 amide bonds. The second-order valence-corrected chi connectivity index (χ2v) is 7.91. The van der Waals surface area contributed by atoms with Crippen LogP contribution in [0.5, 0.6) is 11.6 Å². The van der Waals surface area contributed by atoms with Gasteiger partial charge in [0.05, 0.1) is 11.6 Å². The molecule has 0 N–H and O–H groups in total. The summed E-state index contributed by atoms with van der Waals surface area (Å²) in [6.07, 6.45) is 9.93. The van der Waals surface area contributed by atoms with E-state index in [1.165, 1.54) is 16.7 Å². The molecular weight excluding hydrogens is 382 g/mol. The van der Waals surface area contributed by atoms with E-state index < -0.39 is 0 Å². The molecule has 2 aromatic carbocycles. The van der Waals surface area contributed by atoms with Crippen molar-refractivity contribution in [3.63, 3.8) is 0 Å². The van der Waals surface area contributed by atoms with E-state index in [9.17, 15) is 0 Å². The highest BCUT2D eigenvalue weighted by atomic mass is 16.5. The van der Waals surface area contributed by atoms with Gasteiger partial charge in [0.2, 0.25) is 5.88 Å². The Balaban J connectivity index is 1.26. The molecule has 1 aromatic heterocycles. The van der Waals surface area contributed by atoms with Crippen LogP contribution in [0, 0.1) is 24.2 Å². The number of hydrogen-bond acceptors (Lipinski definition) is 4. The first-order valence-corrected chi connectivity index (χ1v) is 10.6. The molecule has 1 aliphatic rings. The number of benzene rings is 2. The van der Waals surface area contributed by atoms with E-state index in [-0.39, 0.29) is 0 Å². The zero-order valence-electron chi connectivity index (χ0n) is 17.7. The van der Waals surface area contributed by atoms with Gasteiger partial charge in [0.1, 0.15) is 5.75 Å². The molecule has 0 aliphatic carbocycles. The van der Waals surface area contributed by atoms with E-state index in [0.29, 0.717) is 17.4 Å². The van der Waals surface area contributed by atoms with E-state index in [1.54, 1.807) is 0 Å². The van der Waals surface area contributed by atoms with Crippen LogP contribution in [-0.4, -0.2) is 11.2 Å². The lowest BCUT2D eigenvalue weighted by molar-refractivity contribution is 0.462. The van der Waals surface area contributed by atoms with Crippen LogP contribution in [0.1, 0.15) is 35.1 Å². The summed E-state index contributed by atoms with van der Waals surface area (Å²) in [5, 5.41) is 8.94. The van der Waals surface area contributed by atoms with Crippen molar-refractivity contribution in [1.29, 1.82) is 5.26 Å². The molecule has 0 saturated carbocycles. The first-order chi connectivity index (χ1) is 15.2. The molecule has 4 rings (SSSR count). The van der Waals surface area contributed by atoms with Gasteiger partial charge in [-0.15, -0.1) is 0 Å². The average Bonchev–Trinajstić information content (AvgIpc) is 3.22. The summed E-state index contributed by atoms with van der Waals surface area (Å²) in [6.45, 7) is 2.05. The van der Waals surface area contributed by atoms with Crippen LogP contribution >= 0.6 is 0 Å². The second kappa shape index (κ2) is 9.86. The SMILES string of the molecule is Cc1cccc(Oc2ccc(CCCC3C=NC=C3Cc3ccc(C#N)cc3)cn2)c1. The van der Waals surface area contributed by atoms with E-state index in [4.69, 9.17) is 10.00 Å². The largest absolute Gasteiger partial charge is 0.439 e. The zero-order chi connectivity index (χ0) is 21.5. The standard InChI is InChI=1S/C27H25N3O/c1-20-4-2-7-26(14-20)31-27-13-12-23(17-30-27)5-3-6-24-18-29-19-25(24)15-21-8-10-22(16-28)11-9-21/h2,4,7-14,17-19,24H,3,5-6,15H2,1H3. The highest BCUT2D eigenvalue weighted by Gasteiger charge is 2.16. The van der Waals surface area contributed by atoms with E-state index >= 15 is 0 Å². The van der Waals surface area contributed by atoms with Crippen molar-refractivity contribution in [2.24, 2.45) is 10.9 Å². The lowest BCUT2D eigenvalue weighted by Crippen LogP contribution is -2.06. The number of allylic oxidation sites excluding steroid dienone is 1. The maximum atomic E-state index is 8.94. The molecule has 0 spiro atoms. The second-order valence-electron chi connectivity index (χ2n) is 7.91. The third-order valence-electron chi connectivity index (χ3n) is 5.46. The van der Waals surface area contributed by atoms with Crippen LogP contribution < -0.4 is 4.74 Å². The number of nitrogens with zero attached hydrogens (tertiary/aromatic N) is 3. The maximum Gasteiger partial charge on any atom is 0.219 e. The highest BCUT2D eigenvalue weighted by Crippen LogP contribution is 2.26. The summed E-state index contributed by atoms with van der Waals surface area (Å²) in [5.74, 6) is 1.81. The van der Waals surface area contributed by atoms with E-state index in [2.05, 4.69) is 28.3 Å². The minimum absolute atomic E-state index is 0.382. The molecule has 2 heterocycles. The van der Waals surface area contributed by atoms with Crippen molar-refractivity contribution >= 4 is 6.21 Å². The Hall–Kier alpha value is -3.71. The van der Waals surface area contributed by atoms with Crippen molar-refractivity contribution in [1.82, 2.24) is 4.98 Å². The van der Waals surface area contributed by atoms with Gasteiger partial charge < -0.3 is 4.74 Å². The van der Waals surface area contributed by atoms with Crippen molar-refractivity contribution in [3.05, 3.63) is 101 Å². The topological polar surface area (TPSA) is 58.3 Å². The number of aryl methyl sites for hydroxylation is 2. The van der Waals surface area contributed by atoms with Gasteiger partial charge in [-0.3, -0.25) is 4.99 Å². The van der Waals surface area contributed by atoms with Crippen molar-refractivity contribution in [2.75, 3.05) is 0 Å². The monoisotopic (exact) mass is 407 g/mol. The molecule has 0 bridgehead atoms. The Morgan fingerprint density at radius 3 is 2.61 bits per heavy atom. The average molecular weight is 408 g/mol. The van der Waals surface area contributed by atoms with Crippen LogP contribution in [0.3, 0.4) is 0 Å². The lowest BCUT2D eigenvalue weighted by atomic mass is 9.91. The van der Waals surface area contributed by atoms with Crippen LogP contribution in [-0.2, 0) is 12.8 Å². The molecule has 1 atom stereocenters. The van der Waals surface area contributed by atoms with Gasteiger partial charge in [0.25, 0.3) is 0 Å².